The van der Waals surface area contributed by atoms with Gasteiger partial charge >= 0.3 is 0 Å². The van der Waals surface area contributed by atoms with Gasteiger partial charge in [0.2, 0.25) is 0 Å². The van der Waals surface area contributed by atoms with E-state index in [4.69, 9.17) is 4.74 Å². The van der Waals surface area contributed by atoms with Crippen LogP contribution in [0.5, 0.6) is 5.75 Å². The summed E-state index contributed by atoms with van der Waals surface area (Å²) in [6.45, 7) is 6.62. The molecule has 0 fully saturated rings. The Kier molecular flexibility index (Phi) is 5.31. The molecule has 21 heavy (non-hydrogen) atoms. The van der Waals surface area contributed by atoms with Crippen LogP contribution in [0.3, 0.4) is 0 Å². The van der Waals surface area contributed by atoms with E-state index in [9.17, 15) is 4.39 Å². The predicted molar refractivity (Wildman–Crippen MR) is 84.4 cm³/mol. The Hall–Kier alpha value is -1.46. The zero-order valence-corrected chi connectivity index (χ0v) is 13.6. The van der Waals surface area contributed by atoms with Crippen LogP contribution < -0.4 is 10.1 Å². The first-order chi connectivity index (χ1) is 10.0. The summed E-state index contributed by atoms with van der Waals surface area (Å²) >= 11 is 1.65. The molecular formula is C16H21FN2OS. The van der Waals surface area contributed by atoms with Crippen molar-refractivity contribution in [3.05, 3.63) is 45.7 Å². The van der Waals surface area contributed by atoms with Gasteiger partial charge in [-0.1, -0.05) is 13.8 Å². The monoisotopic (exact) mass is 308 g/mol. The Morgan fingerprint density at radius 3 is 2.71 bits per heavy atom. The number of rotatable bonds is 6. The first kappa shape index (κ1) is 15.9. The van der Waals surface area contributed by atoms with Gasteiger partial charge in [-0.15, -0.1) is 11.3 Å². The minimum Gasteiger partial charge on any atom is -0.487 e. The number of halogens is 1. The Balaban J connectivity index is 2.11. The highest BCUT2D eigenvalue weighted by molar-refractivity contribution is 7.09. The molecule has 0 radical (unpaired) electrons. The van der Waals surface area contributed by atoms with Crippen LogP contribution in [0.1, 0.15) is 49.0 Å². The number of ether oxygens (including phenoxy) is 1. The van der Waals surface area contributed by atoms with Gasteiger partial charge < -0.3 is 10.1 Å². The topological polar surface area (TPSA) is 34.1 Å². The molecule has 1 aromatic carbocycles. The lowest BCUT2D eigenvalue weighted by Gasteiger charge is -2.16. The van der Waals surface area contributed by atoms with Crippen LogP contribution in [0.4, 0.5) is 4.39 Å². The van der Waals surface area contributed by atoms with E-state index >= 15 is 0 Å². The molecule has 0 aliphatic heterocycles. The molecule has 2 rings (SSSR count). The summed E-state index contributed by atoms with van der Waals surface area (Å²) in [6, 6.07) is 4.63. The van der Waals surface area contributed by atoms with E-state index in [1.807, 2.05) is 19.4 Å². The summed E-state index contributed by atoms with van der Waals surface area (Å²) in [5.74, 6) is 0.863. The van der Waals surface area contributed by atoms with E-state index < -0.39 is 0 Å². The van der Waals surface area contributed by atoms with Crippen LogP contribution in [0, 0.1) is 5.82 Å². The van der Waals surface area contributed by atoms with E-state index in [1.54, 1.807) is 17.4 Å². The molecule has 0 spiro atoms. The van der Waals surface area contributed by atoms with Crippen molar-refractivity contribution >= 4 is 11.3 Å². The molecular weight excluding hydrogens is 287 g/mol. The fraction of sp³-hybridized carbons (Fsp3) is 0.438. The highest BCUT2D eigenvalue weighted by Gasteiger charge is 2.12. The third-order valence-electron chi connectivity index (χ3n) is 3.31. The number of thiazole rings is 1. The van der Waals surface area contributed by atoms with Crippen molar-refractivity contribution in [3.8, 4) is 5.75 Å². The van der Waals surface area contributed by atoms with Crippen LogP contribution in [0.25, 0.3) is 0 Å². The maximum atomic E-state index is 13.4. The molecule has 1 heterocycles. The van der Waals surface area contributed by atoms with Crippen LogP contribution >= 0.6 is 11.3 Å². The first-order valence-electron chi connectivity index (χ1n) is 7.05. The molecule has 0 amide bonds. The minimum atomic E-state index is -0.254. The average Bonchev–Trinajstić information content (AvgIpc) is 2.94. The molecule has 0 aliphatic carbocycles. The maximum absolute atomic E-state index is 13.4. The van der Waals surface area contributed by atoms with Crippen molar-refractivity contribution in [1.29, 1.82) is 0 Å². The van der Waals surface area contributed by atoms with E-state index in [-0.39, 0.29) is 11.9 Å². The molecule has 1 unspecified atom stereocenters. The third kappa shape index (κ3) is 4.02. The maximum Gasteiger partial charge on any atom is 0.131 e. The molecule has 1 N–H and O–H groups in total. The number of hydrogen-bond donors (Lipinski definition) is 1. The molecule has 0 saturated heterocycles. The second-order valence-electron chi connectivity index (χ2n) is 5.31. The quantitative estimate of drug-likeness (QED) is 0.865. The Morgan fingerprint density at radius 2 is 2.10 bits per heavy atom. The molecule has 0 bridgehead atoms. The van der Waals surface area contributed by atoms with Crippen molar-refractivity contribution in [2.45, 2.75) is 39.3 Å². The number of nitrogens with one attached hydrogen (secondary N) is 1. The third-order valence-corrected chi connectivity index (χ3v) is 4.50. The van der Waals surface area contributed by atoms with Gasteiger partial charge in [-0.3, -0.25) is 0 Å². The molecule has 0 saturated carbocycles. The molecule has 3 nitrogen and oxygen atoms in total. The number of aromatic nitrogens is 1. The lowest BCUT2D eigenvalue weighted by atomic mass is 10.1. The van der Waals surface area contributed by atoms with Gasteiger partial charge in [0, 0.05) is 22.9 Å². The van der Waals surface area contributed by atoms with Gasteiger partial charge in [0.25, 0.3) is 0 Å². The number of benzene rings is 1. The van der Waals surface area contributed by atoms with Crippen LogP contribution in [-0.4, -0.2) is 12.0 Å². The minimum absolute atomic E-state index is 0.0253. The van der Waals surface area contributed by atoms with Crippen molar-refractivity contribution in [2.24, 2.45) is 0 Å². The molecule has 2 aromatic rings. The zero-order valence-electron chi connectivity index (χ0n) is 12.8. The molecule has 1 aromatic heterocycles. The molecule has 1 atom stereocenters. The van der Waals surface area contributed by atoms with Gasteiger partial charge in [-0.25, -0.2) is 9.37 Å². The van der Waals surface area contributed by atoms with Crippen molar-refractivity contribution in [2.75, 3.05) is 7.05 Å². The van der Waals surface area contributed by atoms with Gasteiger partial charge in [-0.2, -0.15) is 0 Å². The van der Waals surface area contributed by atoms with E-state index in [0.717, 1.165) is 16.3 Å². The Morgan fingerprint density at radius 1 is 1.33 bits per heavy atom. The van der Waals surface area contributed by atoms with Gasteiger partial charge in [0.05, 0.1) is 10.7 Å². The van der Waals surface area contributed by atoms with E-state index in [2.05, 4.69) is 24.1 Å². The SMILES string of the molecule is CNC(C)c1cc(F)ccc1OCc1csc(C(C)C)n1. The van der Waals surface area contributed by atoms with Gasteiger partial charge in [-0.05, 0) is 32.2 Å². The van der Waals surface area contributed by atoms with Crippen molar-refractivity contribution < 1.29 is 9.13 Å². The smallest absolute Gasteiger partial charge is 0.131 e. The van der Waals surface area contributed by atoms with Gasteiger partial charge in [0.1, 0.15) is 18.2 Å². The van der Waals surface area contributed by atoms with E-state index in [0.29, 0.717) is 18.3 Å². The van der Waals surface area contributed by atoms with Crippen LogP contribution in [0.15, 0.2) is 23.6 Å². The first-order valence-corrected chi connectivity index (χ1v) is 7.93. The second-order valence-corrected chi connectivity index (χ2v) is 6.20. The summed E-state index contributed by atoms with van der Waals surface area (Å²) in [4.78, 5) is 4.54. The summed E-state index contributed by atoms with van der Waals surface area (Å²) in [5, 5.41) is 6.23. The Bertz CT molecular complexity index is 598. The highest BCUT2D eigenvalue weighted by Crippen LogP contribution is 2.27. The Labute approximate surface area is 129 Å². The normalized spacial score (nSPS) is 12.7. The largest absolute Gasteiger partial charge is 0.487 e. The van der Waals surface area contributed by atoms with Crippen molar-refractivity contribution in [3.63, 3.8) is 0 Å². The average molecular weight is 308 g/mol. The number of hydrogen-bond acceptors (Lipinski definition) is 4. The zero-order chi connectivity index (χ0) is 15.4. The van der Waals surface area contributed by atoms with Crippen LogP contribution in [0.2, 0.25) is 0 Å². The molecule has 114 valence electrons. The lowest BCUT2D eigenvalue weighted by molar-refractivity contribution is 0.295. The highest BCUT2D eigenvalue weighted by atomic mass is 32.1. The molecule has 5 heteroatoms. The van der Waals surface area contributed by atoms with Crippen molar-refractivity contribution in [1.82, 2.24) is 10.3 Å². The fourth-order valence-electron chi connectivity index (χ4n) is 1.95. The summed E-state index contributed by atoms with van der Waals surface area (Å²) < 4.78 is 19.2. The second kappa shape index (κ2) is 7.00. The standard InChI is InChI=1S/C16H21FN2OS/c1-10(2)16-19-13(9-21-16)8-20-15-6-5-12(17)7-14(15)11(3)18-4/h5-7,9-11,18H,8H2,1-4H3. The predicted octanol–water partition coefficient (Wildman–Crippen LogP) is 4.27. The summed E-state index contributed by atoms with van der Waals surface area (Å²) in [5.41, 5.74) is 1.73. The number of nitrogens with zero attached hydrogens (tertiary/aromatic N) is 1. The van der Waals surface area contributed by atoms with Crippen LogP contribution in [-0.2, 0) is 6.61 Å². The summed E-state index contributed by atoms with van der Waals surface area (Å²) in [6.07, 6.45) is 0. The summed E-state index contributed by atoms with van der Waals surface area (Å²) in [7, 11) is 1.84. The van der Waals surface area contributed by atoms with E-state index in [1.165, 1.54) is 12.1 Å². The van der Waals surface area contributed by atoms with Gasteiger partial charge in [0.15, 0.2) is 0 Å². The molecule has 0 aliphatic rings. The fourth-order valence-corrected chi connectivity index (χ4v) is 2.77. The lowest BCUT2D eigenvalue weighted by Crippen LogP contribution is -2.14.